The molecule has 0 fully saturated rings. The molecule has 8 heavy (non-hydrogen) atoms. The molecule has 0 spiro atoms. The number of hydrogen-bond donors (Lipinski definition) is 4. The van der Waals surface area contributed by atoms with Gasteiger partial charge < -0.3 is 10.2 Å². The fourth-order valence-corrected chi connectivity index (χ4v) is 0. The quantitative estimate of drug-likeness (QED) is 0.310. The highest BCUT2D eigenvalue weighted by atomic mass is 32.1. The molecule has 0 aromatic carbocycles. The standard InChI is InChI=1S/C2H6.2CH4OS/c1-2;2*2-1-3/h1-2H3;2*2-3H,1H2. The van der Waals surface area contributed by atoms with Crippen molar-refractivity contribution in [1.82, 2.24) is 0 Å². The van der Waals surface area contributed by atoms with Crippen LogP contribution in [0.15, 0.2) is 0 Å². The fourth-order valence-electron chi connectivity index (χ4n) is 0. The summed E-state index contributed by atoms with van der Waals surface area (Å²) in [5, 5.41) is 14.9. The van der Waals surface area contributed by atoms with Crippen molar-refractivity contribution in [3.05, 3.63) is 0 Å². The zero-order valence-electron chi connectivity index (χ0n) is 5.20. The largest absolute Gasteiger partial charge is 0.386 e. The Kier molecular flexibility index (Phi) is 96.4. The molecule has 0 aliphatic rings. The number of thiol groups is 2. The third-order valence-corrected chi connectivity index (χ3v) is 0. The number of rotatable bonds is 0. The molecule has 0 rings (SSSR count). The van der Waals surface area contributed by atoms with Crippen LogP contribution in [0.4, 0.5) is 0 Å². The molecule has 0 aromatic rings. The van der Waals surface area contributed by atoms with Crippen LogP contribution in [0.25, 0.3) is 0 Å². The Morgan fingerprint density at radius 2 is 1.00 bits per heavy atom. The van der Waals surface area contributed by atoms with Gasteiger partial charge in [-0.3, -0.25) is 0 Å². The van der Waals surface area contributed by atoms with E-state index in [1.807, 2.05) is 13.8 Å². The van der Waals surface area contributed by atoms with Gasteiger partial charge in [0.25, 0.3) is 0 Å². The summed E-state index contributed by atoms with van der Waals surface area (Å²) < 4.78 is 0. The minimum absolute atomic E-state index is 0.0556. The van der Waals surface area contributed by atoms with Gasteiger partial charge in [0.2, 0.25) is 0 Å². The van der Waals surface area contributed by atoms with Gasteiger partial charge >= 0.3 is 0 Å². The maximum atomic E-state index is 7.43. The average Bonchev–Trinajstić information content (AvgIpc) is 1.75. The second-order valence-electron chi connectivity index (χ2n) is 0.283. The number of aliphatic hydroxyl groups is 2. The Balaban J connectivity index is -0.0000000483. The van der Waals surface area contributed by atoms with Gasteiger partial charge in [0.15, 0.2) is 0 Å². The first-order chi connectivity index (χ1) is 3.83. The predicted molar refractivity (Wildman–Crippen MR) is 43.5 cm³/mol. The van der Waals surface area contributed by atoms with Gasteiger partial charge in [-0.25, -0.2) is 0 Å². The van der Waals surface area contributed by atoms with Crippen molar-refractivity contribution in [1.29, 1.82) is 0 Å². The van der Waals surface area contributed by atoms with Crippen LogP contribution in [-0.4, -0.2) is 22.1 Å². The summed E-state index contributed by atoms with van der Waals surface area (Å²) in [5.74, 6) is -0.111. The summed E-state index contributed by atoms with van der Waals surface area (Å²) >= 11 is 6.69. The van der Waals surface area contributed by atoms with E-state index in [4.69, 9.17) is 10.2 Å². The molecule has 0 bridgehead atoms. The summed E-state index contributed by atoms with van der Waals surface area (Å²) in [6, 6.07) is 0. The van der Waals surface area contributed by atoms with Crippen molar-refractivity contribution < 1.29 is 10.2 Å². The molecule has 0 saturated heterocycles. The molecule has 0 radical (unpaired) electrons. The molecule has 0 aliphatic heterocycles. The smallest absolute Gasteiger partial charge is 0.0857 e. The van der Waals surface area contributed by atoms with E-state index in [-0.39, 0.29) is 11.9 Å². The maximum Gasteiger partial charge on any atom is 0.0857 e. The molecule has 0 aromatic heterocycles. The zero-order chi connectivity index (χ0) is 7.41. The highest BCUT2D eigenvalue weighted by molar-refractivity contribution is 7.80. The van der Waals surface area contributed by atoms with E-state index in [1.54, 1.807) is 0 Å². The lowest BCUT2D eigenvalue weighted by molar-refractivity contribution is 0.377. The van der Waals surface area contributed by atoms with Crippen LogP contribution in [-0.2, 0) is 0 Å². The highest BCUT2D eigenvalue weighted by Crippen LogP contribution is 1.51. The average molecular weight is 158 g/mol. The summed E-state index contributed by atoms with van der Waals surface area (Å²) in [6.07, 6.45) is 0. The van der Waals surface area contributed by atoms with Gasteiger partial charge in [-0.1, -0.05) is 13.8 Å². The zero-order valence-corrected chi connectivity index (χ0v) is 6.99. The Labute approximate surface area is 61.7 Å². The number of aliphatic hydroxyl groups excluding tert-OH is 2. The van der Waals surface area contributed by atoms with Gasteiger partial charge in [0.1, 0.15) is 0 Å². The van der Waals surface area contributed by atoms with Crippen molar-refractivity contribution in [2.24, 2.45) is 0 Å². The molecular formula is C4H14O2S2. The molecule has 54 valence electrons. The molecule has 0 saturated carbocycles. The summed E-state index contributed by atoms with van der Waals surface area (Å²) in [7, 11) is 0. The van der Waals surface area contributed by atoms with Gasteiger partial charge in [0.05, 0.1) is 11.9 Å². The van der Waals surface area contributed by atoms with Gasteiger partial charge in [0, 0.05) is 0 Å². The SMILES string of the molecule is CC.OCS.OCS. The van der Waals surface area contributed by atoms with E-state index >= 15 is 0 Å². The minimum Gasteiger partial charge on any atom is -0.386 e. The van der Waals surface area contributed by atoms with E-state index < -0.39 is 0 Å². The van der Waals surface area contributed by atoms with E-state index in [1.165, 1.54) is 0 Å². The molecule has 0 amide bonds. The van der Waals surface area contributed by atoms with Crippen LogP contribution in [0.5, 0.6) is 0 Å². The van der Waals surface area contributed by atoms with Crippen molar-refractivity contribution >= 4 is 25.3 Å². The van der Waals surface area contributed by atoms with Crippen LogP contribution in [0, 0.1) is 0 Å². The van der Waals surface area contributed by atoms with Crippen molar-refractivity contribution in [2.75, 3.05) is 11.9 Å². The molecular weight excluding hydrogens is 144 g/mol. The lowest BCUT2D eigenvalue weighted by atomic mass is 11.0. The maximum absolute atomic E-state index is 7.43. The second kappa shape index (κ2) is 48.6. The lowest BCUT2D eigenvalue weighted by Gasteiger charge is -1.52. The van der Waals surface area contributed by atoms with Crippen molar-refractivity contribution in [2.45, 2.75) is 13.8 Å². The molecule has 0 unspecified atom stereocenters. The van der Waals surface area contributed by atoms with Gasteiger partial charge in [-0.15, -0.1) is 0 Å². The second-order valence-corrected chi connectivity index (χ2v) is 0.849. The summed E-state index contributed by atoms with van der Waals surface area (Å²) in [4.78, 5) is 0. The van der Waals surface area contributed by atoms with E-state index in [0.717, 1.165) is 0 Å². The molecule has 2 nitrogen and oxygen atoms in total. The van der Waals surface area contributed by atoms with Crippen LogP contribution in [0.3, 0.4) is 0 Å². The fraction of sp³-hybridized carbons (Fsp3) is 1.00. The van der Waals surface area contributed by atoms with Crippen molar-refractivity contribution in [3.8, 4) is 0 Å². The summed E-state index contributed by atoms with van der Waals surface area (Å²) in [6.45, 7) is 4.00. The molecule has 0 aliphatic carbocycles. The van der Waals surface area contributed by atoms with Crippen molar-refractivity contribution in [3.63, 3.8) is 0 Å². The molecule has 2 N–H and O–H groups in total. The summed E-state index contributed by atoms with van der Waals surface area (Å²) in [5.41, 5.74) is 0. The third kappa shape index (κ3) is 544. The lowest BCUT2D eigenvalue weighted by Crippen LogP contribution is -1.50. The Hall–Kier alpha value is 0.620. The minimum atomic E-state index is -0.0556. The van der Waals surface area contributed by atoms with E-state index in [0.29, 0.717) is 0 Å². The van der Waals surface area contributed by atoms with Crippen LogP contribution in [0.2, 0.25) is 0 Å². The topological polar surface area (TPSA) is 40.5 Å². The monoisotopic (exact) mass is 158 g/mol. The normalized spacial score (nSPS) is 5.25. The first-order valence-corrected chi connectivity index (χ1v) is 3.53. The highest BCUT2D eigenvalue weighted by Gasteiger charge is 1.34. The number of hydrogen-bond acceptors (Lipinski definition) is 4. The molecule has 0 heterocycles. The van der Waals surface area contributed by atoms with Crippen LogP contribution >= 0.6 is 25.3 Å². The Morgan fingerprint density at radius 1 is 1.00 bits per heavy atom. The Bertz CT molecular complexity index is 14.0. The first-order valence-electron chi connectivity index (χ1n) is 2.26. The van der Waals surface area contributed by atoms with E-state index in [2.05, 4.69) is 25.3 Å². The molecule has 4 heteroatoms. The third-order valence-electron chi connectivity index (χ3n) is 0. The van der Waals surface area contributed by atoms with Gasteiger partial charge in [-0.05, 0) is 0 Å². The van der Waals surface area contributed by atoms with Gasteiger partial charge in [-0.2, -0.15) is 25.3 Å². The van der Waals surface area contributed by atoms with Crippen LogP contribution in [0.1, 0.15) is 13.8 Å². The first kappa shape index (κ1) is 15.8. The molecule has 0 atom stereocenters. The van der Waals surface area contributed by atoms with Crippen LogP contribution < -0.4 is 0 Å². The predicted octanol–water partition coefficient (Wildman–Crippen LogP) is 0.758. The Morgan fingerprint density at radius 3 is 1.00 bits per heavy atom. The van der Waals surface area contributed by atoms with E-state index in [9.17, 15) is 0 Å².